The number of allylic oxidation sites excluding steroid dienone is 1. The number of para-hydroxylation sites is 1. The van der Waals surface area contributed by atoms with Crippen LogP contribution in [0, 0.1) is 0 Å². The number of benzene rings is 2. The Balaban J connectivity index is 1.75. The van der Waals surface area contributed by atoms with E-state index in [-0.39, 0.29) is 19.2 Å². The van der Waals surface area contributed by atoms with Crippen molar-refractivity contribution in [2.75, 3.05) is 20.3 Å². The summed E-state index contributed by atoms with van der Waals surface area (Å²) in [5, 5.41) is 3.52. The van der Waals surface area contributed by atoms with Crippen molar-refractivity contribution in [1.29, 1.82) is 0 Å². The number of rotatable bonds is 6. The first-order valence-electron chi connectivity index (χ1n) is 8.93. The Morgan fingerprint density at radius 2 is 1.83 bits per heavy atom. The highest BCUT2D eigenvalue weighted by Crippen LogP contribution is 2.33. The number of carbonyl (C=O) groups is 2. The van der Waals surface area contributed by atoms with Gasteiger partial charge in [0.25, 0.3) is 0 Å². The molecule has 152 valence electrons. The van der Waals surface area contributed by atoms with Gasteiger partial charge in [-0.15, -0.1) is 0 Å². The molecule has 0 aliphatic carbocycles. The van der Waals surface area contributed by atoms with E-state index in [1.807, 2.05) is 30.3 Å². The molecular formula is C21H20Cl2N2O4. The van der Waals surface area contributed by atoms with Crippen molar-refractivity contribution in [3.05, 3.63) is 75.4 Å². The summed E-state index contributed by atoms with van der Waals surface area (Å²) in [6.45, 7) is 1.97. The van der Waals surface area contributed by atoms with Crippen LogP contribution in [-0.4, -0.2) is 37.2 Å². The zero-order valence-corrected chi connectivity index (χ0v) is 17.5. The summed E-state index contributed by atoms with van der Waals surface area (Å²) in [4.78, 5) is 26.5. The average Bonchev–Trinajstić information content (AvgIpc) is 2.72. The maximum atomic E-state index is 12.8. The number of hydrogen-bond acceptors (Lipinski definition) is 4. The lowest BCUT2D eigenvalue weighted by Crippen LogP contribution is -2.46. The number of urea groups is 1. The van der Waals surface area contributed by atoms with Gasteiger partial charge in [0.1, 0.15) is 19.0 Å². The van der Waals surface area contributed by atoms with Gasteiger partial charge in [-0.05, 0) is 36.8 Å². The molecule has 1 aliphatic rings. The second-order valence-corrected chi connectivity index (χ2v) is 7.23. The van der Waals surface area contributed by atoms with Crippen LogP contribution < -0.4 is 10.1 Å². The maximum Gasteiger partial charge on any atom is 0.338 e. The van der Waals surface area contributed by atoms with Gasteiger partial charge in [0.2, 0.25) is 0 Å². The minimum Gasteiger partial charge on any atom is -0.490 e. The quantitative estimate of drug-likeness (QED) is 0.533. The fourth-order valence-electron chi connectivity index (χ4n) is 2.93. The summed E-state index contributed by atoms with van der Waals surface area (Å²) >= 11 is 12.1. The summed E-state index contributed by atoms with van der Waals surface area (Å²) in [5.74, 6) is 0.152. The molecule has 1 atom stereocenters. The Hall–Kier alpha value is -2.70. The van der Waals surface area contributed by atoms with E-state index in [9.17, 15) is 9.59 Å². The Bertz CT molecular complexity index is 947. The number of esters is 1. The molecule has 2 aromatic rings. The molecule has 29 heavy (non-hydrogen) atoms. The summed E-state index contributed by atoms with van der Waals surface area (Å²) in [5.41, 5.74) is 1.46. The third kappa shape index (κ3) is 4.83. The molecule has 2 aromatic carbocycles. The second-order valence-electron chi connectivity index (χ2n) is 6.41. The summed E-state index contributed by atoms with van der Waals surface area (Å²) in [6.07, 6.45) is 0. The van der Waals surface area contributed by atoms with Gasteiger partial charge < -0.3 is 19.7 Å². The van der Waals surface area contributed by atoms with E-state index in [4.69, 9.17) is 32.7 Å². The molecule has 0 saturated carbocycles. The van der Waals surface area contributed by atoms with E-state index in [1.165, 1.54) is 4.90 Å². The third-order valence-electron chi connectivity index (χ3n) is 4.58. The molecule has 2 amide bonds. The zero-order valence-electron chi connectivity index (χ0n) is 15.9. The normalized spacial score (nSPS) is 16.5. The van der Waals surface area contributed by atoms with Gasteiger partial charge in [-0.3, -0.25) is 0 Å². The van der Waals surface area contributed by atoms with Crippen LogP contribution in [0.2, 0.25) is 10.0 Å². The number of ether oxygens (including phenoxy) is 2. The predicted octanol–water partition coefficient (Wildman–Crippen LogP) is 4.59. The van der Waals surface area contributed by atoms with Crippen LogP contribution in [-0.2, 0) is 9.53 Å². The zero-order chi connectivity index (χ0) is 21.0. The van der Waals surface area contributed by atoms with Crippen molar-refractivity contribution in [3.8, 4) is 5.75 Å². The molecule has 0 fully saturated rings. The number of nitrogens with zero attached hydrogens (tertiary/aromatic N) is 1. The molecule has 0 saturated heterocycles. The molecule has 1 N–H and O–H groups in total. The molecule has 1 aliphatic heterocycles. The Labute approximate surface area is 179 Å². The second kappa shape index (κ2) is 9.20. The summed E-state index contributed by atoms with van der Waals surface area (Å²) in [7, 11) is 1.58. The van der Waals surface area contributed by atoms with Gasteiger partial charge in [-0.2, -0.15) is 0 Å². The van der Waals surface area contributed by atoms with Gasteiger partial charge in [0.15, 0.2) is 0 Å². The average molecular weight is 435 g/mol. The van der Waals surface area contributed by atoms with Gasteiger partial charge in [0, 0.05) is 12.7 Å². The van der Waals surface area contributed by atoms with Gasteiger partial charge in [0.05, 0.1) is 21.7 Å². The fourth-order valence-corrected chi connectivity index (χ4v) is 3.24. The molecular weight excluding hydrogens is 415 g/mol. The van der Waals surface area contributed by atoms with E-state index in [1.54, 1.807) is 32.2 Å². The number of nitrogens with one attached hydrogen (secondary N) is 1. The van der Waals surface area contributed by atoms with Crippen LogP contribution in [0.1, 0.15) is 18.5 Å². The van der Waals surface area contributed by atoms with Crippen LogP contribution in [0.15, 0.2) is 59.8 Å². The van der Waals surface area contributed by atoms with E-state index in [0.29, 0.717) is 32.6 Å². The number of amides is 2. The van der Waals surface area contributed by atoms with E-state index < -0.39 is 12.0 Å². The smallest absolute Gasteiger partial charge is 0.338 e. The molecule has 0 aromatic heterocycles. The maximum absolute atomic E-state index is 12.8. The van der Waals surface area contributed by atoms with E-state index >= 15 is 0 Å². The van der Waals surface area contributed by atoms with Crippen molar-refractivity contribution in [2.45, 2.75) is 13.0 Å². The molecule has 0 bridgehead atoms. The van der Waals surface area contributed by atoms with Crippen molar-refractivity contribution < 1.29 is 19.1 Å². The summed E-state index contributed by atoms with van der Waals surface area (Å²) < 4.78 is 10.9. The van der Waals surface area contributed by atoms with Crippen molar-refractivity contribution >= 4 is 35.2 Å². The number of hydrogen-bond donors (Lipinski definition) is 1. The highest BCUT2D eigenvalue weighted by atomic mass is 35.5. The first-order chi connectivity index (χ1) is 13.9. The minimum atomic E-state index is -0.698. The van der Waals surface area contributed by atoms with Crippen molar-refractivity contribution in [2.24, 2.45) is 0 Å². The summed E-state index contributed by atoms with van der Waals surface area (Å²) in [6, 6.07) is 13.2. The Kier molecular flexibility index (Phi) is 6.67. The van der Waals surface area contributed by atoms with Crippen molar-refractivity contribution in [1.82, 2.24) is 10.2 Å². The molecule has 6 nitrogen and oxygen atoms in total. The molecule has 0 radical (unpaired) electrons. The van der Waals surface area contributed by atoms with Gasteiger partial charge in [-0.1, -0.05) is 47.5 Å². The number of halogens is 2. The largest absolute Gasteiger partial charge is 0.490 e. The lowest BCUT2D eigenvalue weighted by molar-refractivity contribution is -0.140. The topological polar surface area (TPSA) is 67.9 Å². The third-order valence-corrected chi connectivity index (χ3v) is 5.32. The molecule has 3 rings (SSSR count). The Morgan fingerprint density at radius 1 is 1.10 bits per heavy atom. The van der Waals surface area contributed by atoms with Gasteiger partial charge in [-0.25, -0.2) is 9.59 Å². The van der Waals surface area contributed by atoms with Gasteiger partial charge >= 0.3 is 12.0 Å². The van der Waals surface area contributed by atoms with Crippen molar-refractivity contribution in [3.63, 3.8) is 0 Å². The monoisotopic (exact) mass is 434 g/mol. The number of carbonyl (C=O) groups excluding carboxylic acids is 2. The highest BCUT2D eigenvalue weighted by molar-refractivity contribution is 6.42. The highest BCUT2D eigenvalue weighted by Gasteiger charge is 2.35. The first-order valence-corrected chi connectivity index (χ1v) is 9.69. The molecule has 0 spiro atoms. The lowest BCUT2D eigenvalue weighted by atomic mass is 9.95. The van der Waals surface area contributed by atoms with Crippen LogP contribution in [0.4, 0.5) is 4.79 Å². The van der Waals surface area contributed by atoms with E-state index in [2.05, 4.69) is 5.32 Å². The lowest BCUT2D eigenvalue weighted by Gasteiger charge is -2.33. The standard InChI is InChI=1S/C21H20Cl2N2O4/c1-13-18(20(26)29-11-10-28-15-6-4-3-5-7-15)19(24-21(27)25(13)2)14-8-9-16(22)17(23)12-14/h3-9,12,19H,10-11H2,1-2H3,(H,24,27)/t19-/m1/s1. The minimum absolute atomic E-state index is 0.0657. The van der Waals surface area contributed by atoms with E-state index in [0.717, 1.165) is 0 Å². The molecule has 1 heterocycles. The molecule has 8 heteroatoms. The van der Waals surface area contributed by atoms with Crippen LogP contribution in [0.25, 0.3) is 0 Å². The predicted molar refractivity (Wildman–Crippen MR) is 111 cm³/mol. The SMILES string of the molecule is CC1=C(C(=O)OCCOc2ccccc2)[C@@H](c2ccc(Cl)c(Cl)c2)NC(=O)N1C. The molecule has 0 unspecified atom stereocenters. The van der Waals surface area contributed by atoms with Crippen LogP contribution in [0.3, 0.4) is 0 Å². The van der Waals surface area contributed by atoms with Crippen LogP contribution in [0.5, 0.6) is 5.75 Å². The fraction of sp³-hybridized carbons (Fsp3) is 0.238. The Morgan fingerprint density at radius 3 is 2.52 bits per heavy atom. The van der Waals surface area contributed by atoms with Crippen LogP contribution >= 0.6 is 23.2 Å². The first kappa shape index (κ1) is 21.0.